The molecule has 3 atom stereocenters. The van der Waals surface area contributed by atoms with Crippen LogP contribution in [0.4, 0.5) is 4.79 Å². The summed E-state index contributed by atoms with van der Waals surface area (Å²) >= 11 is 6.16. The molecule has 2 heterocycles. The number of hydrogen-bond acceptors (Lipinski definition) is 4. The Morgan fingerprint density at radius 1 is 0.978 bits per heavy atom. The molecule has 2 aliphatic carbocycles. The highest BCUT2D eigenvalue weighted by molar-refractivity contribution is 6.30. The number of nitrogens with two attached hydrogens (primary N) is 1. The van der Waals surface area contributed by atoms with Crippen molar-refractivity contribution in [3.8, 4) is 0 Å². The van der Waals surface area contributed by atoms with Gasteiger partial charge in [-0.2, -0.15) is 0 Å². The average Bonchev–Trinajstić information content (AvgIpc) is 3.38. The number of piperidine rings is 1. The molecule has 6 rings (SSSR count). The van der Waals surface area contributed by atoms with E-state index in [9.17, 15) is 14.4 Å². The fraction of sp³-hybridized carbons (Fsp3) is 0.583. The van der Waals surface area contributed by atoms with Gasteiger partial charge in [-0.25, -0.2) is 4.79 Å². The number of hydrogen-bond donors (Lipinski definition) is 2. The standard InChI is InChI=1S/C36H48ClN5O3/c1-40-21-22-42(35(40)45)24-36(27-8-3-2-4-9-27)17-19-41(20-18-36)34(44)31(23-25-11-14-28(37)15-12-25)39-33(43)30-16-13-26-7-5-6-10-29(26)32(30)38/h5-7,10-12,14-15,27,30-32H,2-4,8-9,13,16-24,38H2,1H3,(H,39,43)/t30?,31-,32-/m1/s1. The van der Waals surface area contributed by atoms with Crippen LogP contribution in [-0.2, 0) is 22.4 Å². The van der Waals surface area contributed by atoms with Crippen molar-refractivity contribution < 1.29 is 14.4 Å². The van der Waals surface area contributed by atoms with Crippen molar-refractivity contribution in [1.82, 2.24) is 20.0 Å². The summed E-state index contributed by atoms with van der Waals surface area (Å²) in [5.41, 5.74) is 9.82. The zero-order valence-corrected chi connectivity index (χ0v) is 27.3. The topological polar surface area (TPSA) is 99.0 Å². The van der Waals surface area contributed by atoms with E-state index in [-0.39, 0.29) is 23.3 Å². The molecule has 0 aromatic heterocycles. The second-order valence-electron chi connectivity index (χ2n) is 13.9. The summed E-state index contributed by atoms with van der Waals surface area (Å²) in [5.74, 6) is -0.0221. The van der Waals surface area contributed by atoms with Crippen LogP contribution in [0.5, 0.6) is 0 Å². The van der Waals surface area contributed by atoms with Crippen LogP contribution < -0.4 is 11.1 Å². The van der Waals surface area contributed by atoms with Crippen molar-refractivity contribution in [2.45, 2.75) is 76.3 Å². The lowest BCUT2D eigenvalue weighted by Gasteiger charge is -2.50. The number of carbonyl (C=O) groups excluding carboxylic acids is 3. The van der Waals surface area contributed by atoms with Crippen LogP contribution in [0.3, 0.4) is 0 Å². The average molecular weight is 634 g/mol. The van der Waals surface area contributed by atoms with Crippen LogP contribution in [-0.4, -0.2) is 78.4 Å². The number of nitrogens with zero attached hydrogens (tertiary/aromatic N) is 3. The first-order chi connectivity index (χ1) is 21.7. The van der Waals surface area contributed by atoms with Crippen molar-refractivity contribution in [2.75, 3.05) is 39.8 Å². The lowest BCUT2D eigenvalue weighted by atomic mass is 9.63. The quantitative estimate of drug-likeness (QED) is 0.418. The second-order valence-corrected chi connectivity index (χ2v) is 14.3. The maximum Gasteiger partial charge on any atom is 0.319 e. The fourth-order valence-electron chi connectivity index (χ4n) is 8.46. The van der Waals surface area contributed by atoms with Crippen LogP contribution in [0.2, 0.25) is 5.02 Å². The van der Waals surface area contributed by atoms with E-state index in [1.165, 1.54) is 37.7 Å². The molecule has 2 aromatic carbocycles. The van der Waals surface area contributed by atoms with Crippen LogP contribution in [0.25, 0.3) is 0 Å². The van der Waals surface area contributed by atoms with Crippen molar-refractivity contribution in [3.63, 3.8) is 0 Å². The molecule has 9 heteroatoms. The molecule has 1 saturated carbocycles. The van der Waals surface area contributed by atoms with Crippen molar-refractivity contribution in [1.29, 1.82) is 0 Å². The number of fused-ring (bicyclic) bond motifs is 1. The van der Waals surface area contributed by atoms with E-state index < -0.39 is 18.0 Å². The minimum atomic E-state index is -0.695. The molecule has 4 aliphatic rings. The largest absolute Gasteiger partial charge is 0.344 e. The third-order valence-corrected chi connectivity index (χ3v) is 11.5. The molecule has 0 radical (unpaired) electrons. The van der Waals surface area contributed by atoms with Gasteiger partial charge in [-0.1, -0.05) is 67.3 Å². The van der Waals surface area contributed by atoms with Crippen LogP contribution in [0.15, 0.2) is 48.5 Å². The Kier molecular flexibility index (Phi) is 9.71. The second kappa shape index (κ2) is 13.7. The molecule has 3 N–H and O–H groups in total. The maximum absolute atomic E-state index is 14.3. The number of likely N-dealkylation sites (tertiary alicyclic amines) is 1. The molecule has 0 bridgehead atoms. The Balaban J connectivity index is 1.18. The van der Waals surface area contributed by atoms with Crippen LogP contribution in [0, 0.1) is 17.3 Å². The third kappa shape index (κ3) is 6.87. The summed E-state index contributed by atoms with van der Waals surface area (Å²) in [6, 6.07) is 14.6. The molecular weight excluding hydrogens is 586 g/mol. The normalized spacial score (nSPS) is 24.3. The highest BCUT2D eigenvalue weighted by Gasteiger charge is 2.46. The fourth-order valence-corrected chi connectivity index (χ4v) is 8.58. The zero-order chi connectivity index (χ0) is 31.6. The summed E-state index contributed by atoms with van der Waals surface area (Å²) in [5, 5.41) is 3.79. The van der Waals surface area contributed by atoms with Gasteiger partial charge in [0.1, 0.15) is 6.04 Å². The predicted molar refractivity (Wildman–Crippen MR) is 177 cm³/mol. The number of rotatable bonds is 8. The lowest BCUT2D eigenvalue weighted by Crippen LogP contribution is -2.57. The zero-order valence-electron chi connectivity index (χ0n) is 26.6. The van der Waals surface area contributed by atoms with Gasteiger partial charge >= 0.3 is 6.03 Å². The Morgan fingerprint density at radius 3 is 2.38 bits per heavy atom. The van der Waals surface area contributed by atoms with Gasteiger partial charge in [0.25, 0.3) is 0 Å². The van der Waals surface area contributed by atoms with Gasteiger partial charge in [-0.05, 0) is 78.7 Å². The van der Waals surface area contributed by atoms with Crippen molar-refractivity contribution >= 4 is 29.4 Å². The van der Waals surface area contributed by atoms with E-state index in [4.69, 9.17) is 17.3 Å². The van der Waals surface area contributed by atoms with E-state index >= 15 is 0 Å². The minimum Gasteiger partial charge on any atom is -0.344 e. The Morgan fingerprint density at radius 2 is 1.69 bits per heavy atom. The first-order valence-electron chi connectivity index (χ1n) is 16.9. The molecular formula is C36H48ClN5O3. The molecule has 3 fully saturated rings. The van der Waals surface area contributed by atoms with Crippen LogP contribution >= 0.6 is 11.6 Å². The predicted octanol–water partition coefficient (Wildman–Crippen LogP) is 5.19. The van der Waals surface area contributed by atoms with Gasteiger partial charge in [0.05, 0.1) is 5.92 Å². The summed E-state index contributed by atoms with van der Waals surface area (Å²) < 4.78 is 0. The number of nitrogens with one attached hydrogen (secondary N) is 1. The summed E-state index contributed by atoms with van der Waals surface area (Å²) in [4.78, 5) is 46.8. The van der Waals surface area contributed by atoms with Crippen molar-refractivity contribution in [2.24, 2.45) is 23.0 Å². The first-order valence-corrected chi connectivity index (χ1v) is 17.3. The van der Waals surface area contributed by atoms with Gasteiger partial charge in [0.15, 0.2) is 0 Å². The Labute approximate surface area is 272 Å². The number of amides is 4. The molecule has 2 aromatic rings. The molecule has 45 heavy (non-hydrogen) atoms. The number of carbonyl (C=O) groups is 3. The van der Waals surface area contributed by atoms with Gasteiger partial charge in [0.2, 0.25) is 11.8 Å². The number of urea groups is 1. The van der Waals surface area contributed by atoms with Crippen LogP contribution in [0.1, 0.15) is 74.1 Å². The van der Waals surface area contributed by atoms with E-state index in [0.29, 0.717) is 36.9 Å². The molecule has 1 unspecified atom stereocenters. The Hall–Kier alpha value is -3.10. The maximum atomic E-state index is 14.3. The van der Waals surface area contributed by atoms with E-state index in [0.717, 1.165) is 50.0 Å². The number of halogens is 1. The van der Waals surface area contributed by atoms with E-state index in [2.05, 4.69) is 11.4 Å². The highest BCUT2D eigenvalue weighted by Crippen LogP contribution is 2.47. The number of likely N-dealkylation sites (N-methyl/N-ethyl adjacent to an activating group) is 1. The molecule has 2 aliphatic heterocycles. The Bertz CT molecular complexity index is 1370. The van der Waals surface area contributed by atoms with E-state index in [1.807, 2.05) is 64.2 Å². The number of aryl methyl sites for hydroxylation is 1. The summed E-state index contributed by atoms with van der Waals surface area (Å²) in [7, 11) is 1.88. The lowest BCUT2D eigenvalue weighted by molar-refractivity contribution is -0.140. The van der Waals surface area contributed by atoms with E-state index in [1.54, 1.807) is 0 Å². The molecule has 0 spiro atoms. The highest BCUT2D eigenvalue weighted by atomic mass is 35.5. The molecule has 8 nitrogen and oxygen atoms in total. The van der Waals surface area contributed by atoms with Gasteiger partial charge in [0, 0.05) is 57.3 Å². The summed E-state index contributed by atoms with van der Waals surface area (Å²) in [6.07, 6.45) is 9.76. The smallest absolute Gasteiger partial charge is 0.319 e. The summed E-state index contributed by atoms with van der Waals surface area (Å²) in [6.45, 7) is 3.59. The SMILES string of the molecule is CN1CCN(CC2(C3CCCCC3)CCN(C(=O)[C@@H](Cc3ccc(Cl)cc3)NC(=O)C3CCc4ccccc4[C@H]3N)CC2)C1=O. The molecule has 242 valence electrons. The third-order valence-electron chi connectivity index (χ3n) is 11.2. The van der Waals surface area contributed by atoms with Gasteiger partial charge in [-0.15, -0.1) is 0 Å². The molecule has 4 amide bonds. The monoisotopic (exact) mass is 633 g/mol. The van der Waals surface area contributed by atoms with Gasteiger partial charge < -0.3 is 25.8 Å². The number of benzene rings is 2. The first kappa shape index (κ1) is 31.9. The van der Waals surface area contributed by atoms with Gasteiger partial charge in [-0.3, -0.25) is 9.59 Å². The molecule has 2 saturated heterocycles. The van der Waals surface area contributed by atoms with Crippen molar-refractivity contribution in [3.05, 3.63) is 70.2 Å². The minimum absolute atomic E-state index is 0.0230.